The van der Waals surface area contributed by atoms with Crippen molar-refractivity contribution in [1.82, 2.24) is 20.0 Å². The highest BCUT2D eigenvalue weighted by Gasteiger charge is 2.56. The van der Waals surface area contributed by atoms with Gasteiger partial charge in [0.2, 0.25) is 5.91 Å². The summed E-state index contributed by atoms with van der Waals surface area (Å²) in [7, 11) is 0. The first-order valence-electron chi connectivity index (χ1n) is 11.9. The maximum Gasteiger partial charge on any atom is 0.245 e. The van der Waals surface area contributed by atoms with Crippen LogP contribution in [0.15, 0.2) is 30.6 Å². The molecular formula is C24H28F2N6O. The topological polar surface area (TPSA) is 55.8 Å². The van der Waals surface area contributed by atoms with Gasteiger partial charge in [0, 0.05) is 51.4 Å². The predicted octanol–water partition coefficient (Wildman–Crippen LogP) is 3.15. The van der Waals surface area contributed by atoms with E-state index in [-0.39, 0.29) is 11.9 Å². The Morgan fingerprint density at radius 3 is 2.15 bits per heavy atom. The van der Waals surface area contributed by atoms with Gasteiger partial charge in [0.05, 0.1) is 11.5 Å². The van der Waals surface area contributed by atoms with E-state index in [0.717, 1.165) is 63.3 Å². The Labute approximate surface area is 192 Å². The van der Waals surface area contributed by atoms with Crippen LogP contribution in [0.4, 0.5) is 20.4 Å². The van der Waals surface area contributed by atoms with E-state index in [2.05, 4.69) is 30.8 Å². The number of nitrogens with zero attached hydrogens (tertiary/aromatic N) is 6. The number of amides is 1. The summed E-state index contributed by atoms with van der Waals surface area (Å²) in [5.41, 5.74) is 0.0968. The summed E-state index contributed by atoms with van der Waals surface area (Å²) in [6, 6.07) is 5.35. The lowest BCUT2D eigenvalue weighted by Crippen LogP contribution is -2.46. The molecule has 0 radical (unpaired) electrons. The molecule has 5 heterocycles. The van der Waals surface area contributed by atoms with Crippen LogP contribution in [0.1, 0.15) is 43.7 Å². The second-order valence-corrected chi connectivity index (χ2v) is 9.74. The van der Waals surface area contributed by atoms with E-state index in [9.17, 15) is 13.6 Å². The number of carbonyl (C=O) groups is 1. The minimum absolute atomic E-state index is 0.0924. The summed E-state index contributed by atoms with van der Waals surface area (Å²) in [5, 5.41) is 3.86. The molecule has 33 heavy (non-hydrogen) atoms. The lowest BCUT2D eigenvalue weighted by atomic mass is 9.77. The Morgan fingerprint density at radius 2 is 1.48 bits per heavy atom. The number of anilines is 2. The zero-order valence-corrected chi connectivity index (χ0v) is 18.6. The molecule has 1 amide bonds. The Hall–Kier alpha value is -2.81. The first-order chi connectivity index (χ1) is 16.0. The van der Waals surface area contributed by atoms with Crippen LogP contribution in [0.3, 0.4) is 0 Å². The Morgan fingerprint density at radius 1 is 0.848 bits per heavy atom. The molecule has 9 heteroatoms. The normalized spacial score (nSPS) is 24.8. The van der Waals surface area contributed by atoms with Crippen LogP contribution < -0.4 is 9.80 Å². The molecule has 4 fully saturated rings. The fourth-order valence-electron chi connectivity index (χ4n) is 6.02. The number of hydrogen-bond donors (Lipinski definition) is 0. The number of hydrazine groups is 1. The average molecular weight is 455 g/mol. The van der Waals surface area contributed by atoms with Gasteiger partial charge < -0.3 is 9.80 Å². The van der Waals surface area contributed by atoms with Crippen molar-refractivity contribution in [2.75, 3.05) is 49.1 Å². The van der Waals surface area contributed by atoms with Gasteiger partial charge in [-0.2, -0.15) is 0 Å². The molecule has 0 aliphatic carbocycles. The standard InChI is InChI=1S/C24H28F2N6O/c25-18-11-17(12-19(26)13-18)20-3-8-31-15-24(23(33)32(20)31)4-9-30(10-5-24)22-14-21(27-16-28-22)29-6-1-2-7-29/h11-14,16,20H,1-10,15H2/t20-/m0/s1. The van der Waals surface area contributed by atoms with Crippen LogP contribution in [-0.2, 0) is 4.79 Å². The van der Waals surface area contributed by atoms with Crippen molar-refractivity contribution in [2.45, 2.75) is 38.1 Å². The Kier molecular flexibility index (Phi) is 4.97. The van der Waals surface area contributed by atoms with Crippen LogP contribution in [0, 0.1) is 17.0 Å². The van der Waals surface area contributed by atoms with E-state index >= 15 is 0 Å². The number of rotatable bonds is 3. The molecule has 174 valence electrons. The second-order valence-electron chi connectivity index (χ2n) is 9.74. The number of piperidine rings is 1. The van der Waals surface area contributed by atoms with Crippen LogP contribution in [0.2, 0.25) is 0 Å². The summed E-state index contributed by atoms with van der Waals surface area (Å²) < 4.78 is 27.7. The number of halogens is 2. The van der Waals surface area contributed by atoms with E-state index in [1.807, 2.05) is 0 Å². The Bertz CT molecular complexity index is 1050. The lowest BCUT2D eigenvalue weighted by molar-refractivity contribution is -0.143. The number of hydrogen-bond acceptors (Lipinski definition) is 6. The van der Waals surface area contributed by atoms with Crippen LogP contribution >= 0.6 is 0 Å². The maximum absolute atomic E-state index is 13.8. The van der Waals surface area contributed by atoms with Gasteiger partial charge in [-0.15, -0.1) is 0 Å². The molecule has 1 atom stereocenters. The van der Waals surface area contributed by atoms with Crippen molar-refractivity contribution in [3.05, 3.63) is 47.8 Å². The summed E-state index contributed by atoms with van der Waals surface area (Å²) in [5.74, 6) is 0.787. The monoisotopic (exact) mass is 454 g/mol. The third-order valence-electron chi connectivity index (χ3n) is 7.79. The number of benzene rings is 1. The SMILES string of the molecule is O=C1N2[C@H](c3cc(F)cc(F)c3)CCN2CC12CCN(c1cc(N3CCCC3)ncn1)CC2. The molecule has 1 aromatic heterocycles. The van der Waals surface area contributed by atoms with Gasteiger partial charge in [0.25, 0.3) is 0 Å². The predicted molar refractivity (Wildman–Crippen MR) is 119 cm³/mol. The van der Waals surface area contributed by atoms with Gasteiger partial charge in [-0.3, -0.25) is 9.80 Å². The van der Waals surface area contributed by atoms with Gasteiger partial charge >= 0.3 is 0 Å². The van der Waals surface area contributed by atoms with Crippen molar-refractivity contribution in [3.63, 3.8) is 0 Å². The molecule has 0 saturated carbocycles. The van der Waals surface area contributed by atoms with Gasteiger partial charge in [0.15, 0.2) is 0 Å². The van der Waals surface area contributed by atoms with E-state index in [0.29, 0.717) is 18.5 Å². The van der Waals surface area contributed by atoms with Gasteiger partial charge in [0.1, 0.15) is 29.6 Å². The molecule has 4 aliphatic rings. The van der Waals surface area contributed by atoms with E-state index in [1.165, 1.54) is 25.0 Å². The molecule has 2 aromatic rings. The fraction of sp³-hybridized carbons (Fsp3) is 0.542. The second kappa shape index (κ2) is 7.90. The number of fused-ring (bicyclic) bond motifs is 1. The molecule has 0 N–H and O–H groups in total. The van der Waals surface area contributed by atoms with Gasteiger partial charge in [-0.1, -0.05) is 0 Å². The molecular weight excluding hydrogens is 426 g/mol. The minimum Gasteiger partial charge on any atom is -0.356 e. The first-order valence-corrected chi connectivity index (χ1v) is 11.9. The minimum atomic E-state index is -0.601. The van der Waals surface area contributed by atoms with E-state index in [1.54, 1.807) is 11.3 Å². The van der Waals surface area contributed by atoms with Crippen molar-refractivity contribution >= 4 is 17.5 Å². The molecule has 4 saturated heterocycles. The summed E-state index contributed by atoms with van der Waals surface area (Å²) in [6.07, 6.45) is 6.21. The molecule has 0 bridgehead atoms. The lowest BCUT2D eigenvalue weighted by Gasteiger charge is -2.38. The van der Waals surface area contributed by atoms with Gasteiger partial charge in [-0.05, 0) is 49.8 Å². The summed E-state index contributed by atoms with van der Waals surface area (Å²) >= 11 is 0. The van der Waals surface area contributed by atoms with E-state index < -0.39 is 17.0 Å². The third-order valence-corrected chi connectivity index (χ3v) is 7.79. The van der Waals surface area contributed by atoms with Gasteiger partial charge in [-0.25, -0.2) is 23.8 Å². The zero-order valence-electron chi connectivity index (χ0n) is 18.6. The maximum atomic E-state index is 13.8. The van der Waals surface area contributed by atoms with Crippen molar-refractivity contribution in [3.8, 4) is 0 Å². The van der Waals surface area contributed by atoms with E-state index in [4.69, 9.17) is 0 Å². The van der Waals surface area contributed by atoms with Crippen molar-refractivity contribution < 1.29 is 13.6 Å². The van der Waals surface area contributed by atoms with Crippen LogP contribution in [0.25, 0.3) is 0 Å². The molecule has 1 aromatic carbocycles. The number of aromatic nitrogens is 2. The highest BCUT2D eigenvalue weighted by molar-refractivity contribution is 5.85. The summed E-state index contributed by atoms with van der Waals surface area (Å²) in [6.45, 7) is 4.99. The number of carbonyl (C=O) groups excluding carboxylic acids is 1. The largest absolute Gasteiger partial charge is 0.356 e. The molecule has 0 unspecified atom stereocenters. The molecule has 6 rings (SSSR count). The molecule has 7 nitrogen and oxygen atoms in total. The van der Waals surface area contributed by atoms with Crippen LogP contribution in [-0.4, -0.2) is 65.2 Å². The first kappa shape index (κ1) is 20.8. The third kappa shape index (κ3) is 3.53. The fourth-order valence-corrected chi connectivity index (χ4v) is 6.02. The zero-order chi connectivity index (χ0) is 22.6. The summed E-state index contributed by atoms with van der Waals surface area (Å²) in [4.78, 5) is 27.1. The Balaban J connectivity index is 1.17. The highest BCUT2D eigenvalue weighted by atomic mass is 19.1. The van der Waals surface area contributed by atoms with Crippen LogP contribution in [0.5, 0.6) is 0 Å². The molecule has 4 aliphatic heterocycles. The average Bonchev–Trinajstić information content (AvgIpc) is 3.53. The highest BCUT2D eigenvalue weighted by Crippen LogP contribution is 2.47. The van der Waals surface area contributed by atoms with Crippen molar-refractivity contribution in [1.29, 1.82) is 0 Å². The quantitative estimate of drug-likeness (QED) is 0.710. The van der Waals surface area contributed by atoms with Crippen molar-refractivity contribution in [2.24, 2.45) is 5.41 Å². The smallest absolute Gasteiger partial charge is 0.245 e. The molecule has 1 spiro atoms.